The summed E-state index contributed by atoms with van der Waals surface area (Å²) in [5.41, 5.74) is 23.5. The predicted octanol–water partition coefficient (Wildman–Crippen LogP) is 18.9. The molecule has 2 nitrogen and oxygen atoms in total. The quantitative estimate of drug-likeness (QED) is 0.140. The Morgan fingerprint density at radius 3 is 1.67 bits per heavy atom. The zero-order valence-electron chi connectivity index (χ0n) is 44.2. The monoisotopic (exact) mass is 1000 g/mol. The van der Waals surface area contributed by atoms with Gasteiger partial charge in [-0.05, 0) is 152 Å². The second-order valence-corrected chi connectivity index (χ2v) is 22.5. The van der Waals surface area contributed by atoms with E-state index in [1.807, 2.05) is 0 Å². The zero-order valence-corrected chi connectivity index (χ0v) is 44.2. The normalized spacial score (nSPS) is 19.8. The number of aromatic nitrogens is 1. The molecule has 0 bridgehead atoms. The summed E-state index contributed by atoms with van der Waals surface area (Å²) in [6.45, 7) is 4.76. The molecule has 0 saturated heterocycles. The lowest BCUT2D eigenvalue weighted by molar-refractivity contribution is 0.456. The summed E-state index contributed by atoms with van der Waals surface area (Å²) in [5, 5.41) is 1.37. The lowest BCUT2D eigenvalue weighted by Crippen LogP contribution is -2.36. The Morgan fingerprint density at radius 1 is 0.474 bits per heavy atom. The third-order valence-electron chi connectivity index (χ3n) is 18.4. The van der Waals surface area contributed by atoms with Gasteiger partial charge in [-0.25, -0.2) is 0 Å². The number of anilines is 2. The van der Waals surface area contributed by atoms with E-state index in [0.717, 1.165) is 30.6 Å². The SMILES string of the molecule is CC1CC=Cc2c1c1ccccc1n2C1=CCC(C)(c2ccc(N(C3=CCC(C4(c5ccccc5)c5ccccc5-c5ccccc54)C=C3)c3ccc4c(c3)C(c3ccccc3)(c3ccccc3)c3ccccc3-4)cc2)C=C1. The molecule has 0 amide bonds. The zero-order chi connectivity index (χ0) is 52.0. The van der Waals surface area contributed by atoms with E-state index in [1.54, 1.807) is 0 Å². The Bertz CT molecular complexity index is 4060. The topological polar surface area (TPSA) is 8.17 Å². The molecule has 374 valence electrons. The molecule has 3 atom stereocenters. The molecule has 5 aliphatic rings. The van der Waals surface area contributed by atoms with Crippen molar-refractivity contribution in [3.05, 3.63) is 335 Å². The summed E-state index contributed by atoms with van der Waals surface area (Å²) in [4.78, 5) is 2.53. The van der Waals surface area contributed by atoms with E-state index in [4.69, 9.17) is 0 Å². The highest BCUT2D eigenvalue weighted by Crippen LogP contribution is 2.60. The van der Waals surface area contributed by atoms with Crippen molar-refractivity contribution in [2.24, 2.45) is 5.92 Å². The van der Waals surface area contributed by atoms with Crippen LogP contribution in [0, 0.1) is 5.92 Å². The number of nitrogens with zero attached hydrogens (tertiary/aromatic N) is 2. The van der Waals surface area contributed by atoms with Gasteiger partial charge in [0.15, 0.2) is 0 Å². The van der Waals surface area contributed by atoms with Crippen molar-refractivity contribution in [3.8, 4) is 22.3 Å². The van der Waals surface area contributed by atoms with Crippen LogP contribution in [0.4, 0.5) is 11.4 Å². The number of fused-ring (bicyclic) bond motifs is 9. The summed E-state index contributed by atoms with van der Waals surface area (Å²) >= 11 is 0. The molecule has 0 aliphatic heterocycles. The van der Waals surface area contributed by atoms with Crippen LogP contribution in [-0.4, -0.2) is 4.57 Å². The highest BCUT2D eigenvalue weighted by Gasteiger charge is 2.50. The van der Waals surface area contributed by atoms with Gasteiger partial charge in [-0.1, -0.05) is 244 Å². The van der Waals surface area contributed by atoms with Gasteiger partial charge in [-0.15, -0.1) is 0 Å². The van der Waals surface area contributed by atoms with Crippen LogP contribution in [-0.2, 0) is 16.2 Å². The van der Waals surface area contributed by atoms with Crippen molar-refractivity contribution >= 4 is 34.1 Å². The fourth-order valence-corrected chi connectivity index (χ4v) is 14.8. The molecule has 0 fully saturated rings. The maximum atomic E-state index is 2.53. The van der Waals surface area contributed by atoms with E-state index in [-0.39, 0.29) is 16.7 Å². The van der Waals surface area contributed by atoms with Crippen LogP contribution >= 0.6 is 0 Å². The molecule has 78 heavy (non-hydrogen) atoms. The first-order valence-corrected chi connectivity index (χ1v) is 28.1. The van der Waals surface area contributed by atoms with Gasteiger partial charge in [0.1, 0.15) is 0 Å². The molecule has 0 saturated carbocycles. The molecule has 0 spiro atoms. The Balaban J connectivity index is 0.857. The molecule has 5 aliphatic carbocycles. The minimum atomic E-state index is -0.526. The minimum Gasteiger partial charge on any atom is -0.311 e. The maximum absolute atomic E-state index is 2.53. The van der Waals surface area contributed by atoms with Gasteiger partial charge >= 0.3 is 0 Å². The van der Waals surface area contributed by atoms with Crippen LogP contribution in [0.25, 0.3) is 44.9 Å². The molecular formula is C76H60N2. The van der Waals surface area contributed by atoms with Crippen molar-refractivity contribution in [2.45, 2.75) is 55.3 Å². The van der Waals surface area contributed by atoms with Gasteiger partial charge in [-0.3, -0.25) is 0 Å². The van der Waals surface area contributed by atoms with Gasteiger partial charge in [0, 0.05) is 39.3 Å². The van der Waals surface area contributed by atoms with Crippen molar-refractivity contribution in [1.82, 2.24) is 4.57 Å². The molecule has 9 aromatic carbocycles. The summed E-state index contributed by atoms with van der Waals surface area (Å²) in [6, 6.07) is 86.7. The number of hydrogen-bond donors (Lipinski definition) is 0. The Labute approximate surface area is 459 Å². The van der Waals surface area contributed by atoms with Gasteiger partial charge in [-0.2, -0.15) is 0 Å². The molecule has 1 aromatic heterocycles. The summed E-state index contributed by atoms with van der Waals surface area (Å²) in [6.07, 6.45) is 22.3. The fourth-order valence-electron chi connectivity index (χ4n) is 14.8. The van der Waals surface area contributed by atoms with Crippen LogP contribution in [0.5, 0.6) is 0 Å². The smallest absolute Gasteiger partial charge is 0.0714 e. The lowest BCUT2D eigenvalue weighted by atomic mass is 9.62. The molecule has 0 radical (unpaired) electrons. The molecule has 0 N–H and O–H groups in total. The number of hydrogen-bond acceptors (Lipinski definition) is 1. The Morgan fingerprint density at radius 2 is 1.04 bits per heavy atom. The van der Waals surface area contributed by atoms with E-state index in [1.165, 1.54) is 100 Å². The largest absolute Gasteiger partial charge is 0.311 e. The lowest BCUT2D eigenvalue weighted by Gasteiger charge is -2.41. The second kappa shape index (κ2) is 18.1. The number of benzene rings is 9. The number of rotatable bonds is 9. The van der Waals surface area contributed by atoms with E-state index < -0.39 is 5.41 Å². The first-order valence-electron chi connectivity index (χ1n) is 28.1. The van der Waals surface area contributed by atoms with Crippen LogP contribution < -0.4 is 4.90 Å². The second-order valence-electron chi connectivity index (χ2n) is 22.5. The van der Waals surface area contributed by atoms with E-state index in [9.17, 15) is 0 Å². The maximum Gasteiger partial charge on any atom is 0.0714 e. The van der Waals surface area contributed by atoms with E-state index in [2.05, 4.69) is 302 Å². The molecule has 1 heterocycles. The average Bonchev–Trinajstić information content (AvgIpc) is 4.28. The third kappa shape index (κ3) is 6.75. The van der Waals surface area contributed by atoms with Crippen molar-refractivity contribution in [1.29, 1.82) is 0 Å². The summed E-state index contributed by atoms with van der Waals surface area (Å²) in [7, 11) is 0. The Hall–Kier alpha value is -8.98. The van der Waals surface area contributed by atoms with Crippen LogP contribution in [0.2, 0.25) is 0 Å². The van der Waals surface area contributed by atoms with Crippen LogP contribution in [0.3, 0.4) is 0 Å². The molecule has 3 unspecified atom stereocenters. The van der Waals surface area contributed by atoms with Gasteiger partial charge in [0.25, 0.3) is 0 Å². The van der Waals surface area contributed by atoms with Gasteiger partial charge < -0.3 is 9.47 Å². The number of allylic oxidation sites excluding steroid dienone is 8. The minimum absolute atomic E-state index is 0.168. The van der Waals surface area contributed by atoms with E-state index >= 15 is 0 Å². The molecule has 2 heteroatoms. The number of para-hydroxylation sites is 1. The third-order valence-corrected chi connectivity index (χ3v) is 18.4. The molecule has 15 rings (SSSR count). The van der Waals surface area contributed by atoms with Crippen molar-refractivity contribution in [3.63, 3.8) is 0 Å². The van der Waals surface area contributed by atoms with Gasteiger partial charge in [0.05, 0.1) is 16.3 Å². The Kier molecular flexibility index (Phi) is 10.7. The van der Waals surface area contributed by atoms with Crippen molar-refractivity contribution < 1.29 is 0 Å². The fraction of sp³-hybridized carbons (Fsp3) is 0.132. The predicted molar refractivity (Wildman–Crippen MR) is 325 cm³/mol. The summed E-state index contributed by atoms with van der Waals surface area (Å²) < 4.78 is 2.50. The first kappa shape index (κ1) is 46.3. The molecular weight excluding hydrogens is 941 g/mol. The van der Waals surface area contributed by atoms with Crippen LogP contribution in [0.15, 0.2) is 279 Å². The highest BCUT2D eigenvalue weighted by molar-refractivity contribution is 5.94. The average molecular weight is 1000 g/mol. The first-order chi connectivity index (χ1) is 38.5. The van der Waals surface area contributed by atoms with E-state index in [0.29, 0.717) is 5.92 Å². The van der Waals surface area contributed by atoms with Crippen LogP contribution in [0.1, 0.15) is 94.8 Å². The van der Waals surface area contributed by atoms with Gasteiger partial charge in [0.2, 0.25) is 0 Å². The van der Waals surface area contributed by atoms with Crippen molar-refractivity contribution in [2.75, 3.05) is 4.90 Å². The molecule has 10 aromatic rings. The standard InChI is InChI=1S/C76H60N2/c1-52-21-20-36-72-73(52)66-31-15-19-35-71(66)78(72)60-47-49-74(2,50-48-60)53-37-41-58(42-38-53)77(59-43-39-57(40-44-59)75(54-22-6-3-7-23-54)67-32-16-12-28-62(67)63-29-13-17-33-68(63)75)61-45-46-65-64-30-14-18-34-69(64)76(70(65)51-61,55-24-8-4-9-25-55)56-26-10-5-11-27-56/h3-20,22-39,41-49,51-52,57H,21,40,50H2,1-2H3. The highest BCUT2D eigenvalue weighted by atomic mass is 15.1. The summed E-state index contributed by atoms with van der Waals surface area (Å²) in [5.74, 6) is 0.659.